The summed E-state index contributed by atoms with van der Waals surface area (Å²) in [4.78, 5) is 9.81. The predicted octanol–water partition coefficient (Wildman–Crippen LogP) is 2.91. The van der Waals surface area contributed by atoms with Crippen molar-refractivity contribution in [2.45, 2.75) is 18.9 Å². The molecule has 1 aliphatic rings. The third-order valence-electron chi connectivity index (χ3n) is 3.26. The van der Waals surface area contributed by atoms with Gasteiger partial charge in [-0.2, -0.15) is 0 Å². The largest absolute Gasteiger partial charge is 0.338 e. The SMILES string of the molecule is Fc1ccc2nc(N3CCCC3CCl)[nH]c2c1. The first-order valence-corrected chi connectivity index (χ1v) is 6.29. The van der Waals surface area contributed by atoms with Crippen LogP contribution in [0.3, 0.4) is 0 Å². The second-order valence-electron chi connectivity index (χ2n) is 4.37. The van der Waals surface area contributed by atoms with E-state index in [2.05, 4.69) is 14.9 Å². The maximum Gasteiger partial charge on any atom is 0.204 e. The van der Waals surface area contributed by atoms with E-state index in [1.807, 2.05) is 0 Å². The highest BCUT2D eigenvalue weighted by molar-refractivity contribution is 6.18. The smallest absolute Gasteiger partial charge is 0.204 e. The number of aromatic amines is 1. The van der Waals surface area contributed by atoms with Gasteiger partial charge in [-0.3, -0.25) is 0 Å². The summed E-state index contributed by atoms with van der Waals surface area (Å²) < 4.78 is 13.1. The number of aromatic nitrogens is 2. The first-order chi connectivity index (χ1) is 8.28. The summed E-state index contributed by atoms with van der Waals surface area (Å²) >= 11 is 5.93. The molecule has 2 heterocycles. The molecular weight excluding hydrogens is 241 g/mol. The fourth-order valence-corrected chi connectivity index (χ4v) is 2.70. The molecule has 0 radical (unpaired) electrons. The van der Waals surface area contributed by atoms with E-state index in [0.29, 0.717) is 11.9 Å². The zero-order valence-corrected chi connectivity index (χ0v) is 10.0. The highest BCUT2D eigenvalue weighted by Gasteiger charge is 2.26. The number of hydrogen-bond donors (Lipinski definition) is 1. The van der Waals surface area contributed by atoms with E-state index in [4.69, 9.17) is 11.6 Å². The quantitative estimate of drug-likeness (QED) is 0.835. The number of hydrogen-bond acceptors (Lipinski definition) is 2. The lowest BCUT2D eigenvalue weighted by molar-refractivity contribution is 0.629. The first-order valence-electron chi connectivity index (χ1n) is 5.76. The fourth-order valence-electron chi connectivity index (χ4n) is 2.38. The van der Waals surface area contributed by atoms with Crippen molar-refractivity contribution in [1.29, 1.82) is 0 Å². The molecule has 1 aromatic carbocycles. The minimum Gasteiger partial charge on any atom is -0.338 e. The van der Waals surface area contributed by atoms with E-state index < -0.39 is 0 Å². The molecule has 2 aromatic rings. The Labute approximate surface area is 104 Å². The average molecular weight is 254 g/mol. The molecule has 1 atom stereocenters. The molecule has 0 aliphatic carbocycles. The van der Waals surface area contributed by atoms with E-state index in [1.54, 1.807) is 6.07 Å². The van der Waals surface area contributed by atoms with Crippen molar-refractivity contribution >= 4 is 28.6 Å². The van der Waals surface area contributed by atoms with Gasteiger partial charge in [0.05, 0.1) is 11.0 Å². The molecule has 5 heteroatoms. The molecule has 1 aromatic heterocycles. The summed E-state index contributed by atoms with van der Waals surface area (Å²) in [6.07, 6.45) is 2.22. The van der Waals surface area contributed by atoms with Crippen LogP contribution in [-0.2, 0) is 0 Å². The second-order valence-corrected chi connectivity index (χ2v) is 4.67. The van der Waals surface area contributed by atoms with Gasteiger partial charge in [-0.15, -0.1) is 11.6 Å². The molecule has 1 unspecified atom stereocenters. The van der Waals surface area contributed by atoms with Crippen molar-refractivity contribution in [2.75, 3.05) is 17.3 Å². The molecule has 1 N–H and O–H groups in total. The lowest BCUT2D eigenvalue weighted by Gasteiger charge is -2.21. The molecule has 0 bridgehead atoms. The van der Waals surface area contributed by atoms with Gasteiger partial charge in [0.2, 0.25) is 5.95 Å². The highest BCUT2D eigenvalue weighted by atomic mass is 35.5. The molecule has 90 valence electrons. The Hall–Kier alpha value is -1.29. The van der Waals surface area contributed by atoms with Gasteiger partial charge in [-0.1, -0.05) is 0 Å². The molecule has 1 aliphatic heterocycles. The number of nitrogens with zero attached hydrogens (tertiary/aromatic N) is 2. The van der Waals surface area contributed by atoms with Crippen LogP contribution in [0.2, 0.25) is 0 Å². The molecule has 1 saturated heterocycles. The summed E-state index contributed by atoms with van der Waals surface area (Å²) in [6.45, 7) is 0.958. The topological polar surface area (TPSA) is 31.9 Å². The molecule has 0 amide bonds. The number of nitrogens with one attached hydrogen (secondary N) is 1. The number of alkyl halides is 1. The van der Waals surface area contributed by atoms with Gasteiger partial charge in [-0.05, 0) is 31.0 Å². The van der Waals surface area contributed by atoms with Crippen LogP contribution in [0.25, 0.3) is 11.0 Å². The summed E-state index contributed by atoms with van der Waals surface area (Å²) in [5, 5.41) is 0. The van der Waals surface area contributed by atoms with Gasteiger partial charge in [-0.25, -0.2) is 9.37 Å². The van der Waals surface area contributed by atoms with E-state index in [9.17, 15) is 4.39 Å². The number of fused-ring (bicyclic) bond motifs is 1. The molecule has 3 nitrogen and oxygen atoms in total. The van der Waals surface area contributed by atoms with E-state index in [-0.39, 0.29) is 5.82 Å². The monoisotopic (exact) mass is 253 g/mol. The number of imidazole rings is 1. The van der Waals surface area contributed by atoms with Crippen LogP contribution in [0.5, 0.6) is 0 Å². The standard InChI is InChI=1S/C12H13ClFN3/c13-7-9-2-1-5-17(9)12-15-10-4-3-8(14)6-11(10)16-12/h3-4,6,9H,1-2,5,7H2,(H,15,16). The maximum atomic E-state index is 13.1. The summed E-state index contributed by atoms with van der Waals surface area (Å²) in [6, 6.07) is 4.92. The number of halogens is 2. The maximum absolute atomic E-state index is 13.1. The minimum atomic E-state index is -0.247. The molecule has 0 saturated carbocycles. The second kappa shape index (κ2) is 4.18. The molecule has 0 spiro atoms. The van der Waals surface area contributed by atoms with Gasteiger partial charge >= 0.3 is 0 Å². The van der Waals surface area contributed by atoms with Gasteiger partial charge in [0.15, 0.2) is 0 Å². The minimum absolute atomic E-state index is 0.247. The Morgan fingerprint density at radius 2 is 2.41 bits per heavy atom. The van der Waals surface area contributed by atoms with Crippen LogP contribution in [0.15, 0.2) is 18.2 Å². The number of H-pyrrole nitrogens is 1. The Bertz CT molecular complexity index is 540. The van der Waals surface area contributed by atoms with Gasteiger partial charge in [0, 0.05) is 18.5 Å². The summed E-state index contributed by atoms with van der Waals surface area (Å²) in [5.41, 5.74) is 1.53. The predicted molar refractivity (Wildman–Crippen MR) is 67.1 cm³/mol. The zero-order chi connectivity index (χ0) is 11.8. The van der Waals surface area contributed by atoms with Crippen LogP contribution in [0.1, 0.15) is 12.8 Å². The van der Waals surface area contributed by atoms with Crippen molar-refractivity contribution in [3.05, 3.63) is 24.0 Å². The van der Waals surface area contributed by atoms with Crippen molar-refractivity contribution in [3.8, 4) is 0 Å². The fraction of sp³-hybridized carbons (Fsp3) is 0.417. The van der Waals surface area contributed by atoms with Crippen LogP contribution in [0.4, 0.5) is 10.3 Å². The molecular formula is C12H13ClFN3. The molecule has 1 fully saturated rings. The number of benzene rings is 1. The van der Waals surface area contributed by atoms with Crippen LogP contribution in [-0.4, -0.2) is 28.4 Å². The third-order valence-corrected chi connectivity index (χ3v) is 3.61. The zero-order valence-electron chi connectivity index (χ0n) is 9.29. The van der Waals surface area contributed by atoms with Crippen LogP contribution < -0.4 is 4.90 Å². The normalized spacial score (nSPS) is 20.4. The van der Waals surface area contributed by atoms with Crippen molar-refractivity contribution in [2.24, 2.45) is 0 Å². The summed E-state index contributed by atoms with van der Waals surface area (Å²) in [5.74, 6) is 1.16. The van der Waals surface area contributed by atoms with E-state index in [0.717, 1.165) is 36.4 Å². The Kier molecular flexibility index (Phi) is 2.67. The van der Waals surface area contributed by atoms with E-state index in [1.165, 1.54) is 12.1 Å². The Morgan fingerprint density at radius 3 is 3.24 bits per heavy atom. The van der Waals surface area contributed by atoms with Crippen molar-refractivity contribution < 1.29 is 4.39 Å². The third kappa shape index (κ3) is 1.86. The highest BCUT2D eigenvalue weighted by Crippen LogP contribution is 2.26. The lowest BCUT2D eigenvalue weighted by atomic mass is 10.2. The van der Waals surface area contributed by atoms with Crippen molar-refractivity contribution in [1.82, 2.24) is 9.97 Å². The molecule has 17 heavy (non-hydrogen) atoms. The van der Waals surface area contributed by atoms with E-state index >= 15 is 0 Å². The van der Waals surface area contributed by atoms with Gasteiger partial charge in [0.1, 0.15) is 5.82 Å². The number of rotatable bonds is 2. The summed E-state index contributed by atoms with van der Waals surface area (Å²) in [7, 11) is 0. The van der Waals surface area contributed by atoms with Gasteiger partial charge in [0.25, 0.3) is 0 Å². The average Bonchev–Trinajstić information content (AvgIpc) is 2.93. The molecule has 3 rings (SSSR count). The Balaban J connectivity index is 2.00. The Morgan fingerprint density at radius 1 is 1.53 bits per heavy atom. The number of anilines is 1. The van der Waals surface area contributed by atoms with Crippen LogP contribution in [0, 0.1) is 5.82 Å². The van der Waals surface area contributed by atoms with Crippen molar-refractivity contribution in [3.63, 3.8) is 0 Å². The van der Waals surface area contributed by atoms with Gasteiger partial charge < -0.3 is 9.88 Å². The van der Waals surface area contributed by atoms with Crippen LogP contribution >= 0.6 is 11.6 Å². The first kappa shape index (κ1) is 10.8. The lowest BCUT2D eigenvalue weighted by Crippen LogP contribution is -2.31.